The number of H-pyrrole nitrogens is 1. The normalized spacial score (nSPS) is 10.8. The molecule has 3 rings (SSSR count). The summed E-state index contributed by atoms with van der Waals surface area (Å²) in [4.78, 5) is 15.8. The standard InChI is InChI=1S/C15H11ClN2O2S/c1-20-12-8-4-5-9-13(12)17-15(21)18(14(9)19)11-7-3-2-6-10(11)16/h2-8H,1H3,(H,17,21). The fraction of sp³-hybridized carbons (Fsp3) is 0.0667. The topological polar surface area (TPSA) is 47.0 Å². The Balaban J connectivity index is 2.45. The van der Waals surface area contributed by atoms with Crippen LogP contribution in [0.2, 0.25) is 5.02 Å². The summed E-state index contributed by atoms with van der Waals surface area (Å²) in [5.74, 6) is 0.571. The van der Waals surface area contributed by atoms with Crippen LogP contribution in [-0.2, 0) is 0 Å². The van der Waals surface area contributed by atoms with Crippen molar-refractivity contribution in [3.63, 3.8) is 0 Å². The summed E-state index contributed by atoms with van der Waals surface area (Å²) < 4.78 is 6.91. The molecule has 21 heavy (non-hydrogen) atoms. The van der Waals surface area contributed by atoms with Gasteiger partial charge < -0.3 is 9.72 Å². The molecule has 6 heteroatoms. The Bertz CT molecular complexity index is 946. The van der Waals surface area contributed by atoms with Gasteiger partial charge in [-0.3, -0.25) is 9.36 Å². The molecule has 0 bridgehead atoms. The third kappa shape index (κ3) is 2.24. The molecule has 1 heterocycles. The lowest BCUT2D eigenvalue weighted by Gasteiger charge is -2.11. The van der Waals surface area contributed by atoms with E-state index in [1.54, 1.807) is 49.6 Å². The lowest BCUT2D eigenvalue weighted by Crippen LogP contribution is -2.21. The molecule has 3 aromatic rings. The number of ether oxygens (including phenoxy) is 1. The molecule has 0 aliphatic carbocycles. The number of halogens is 1. The number of para-hydroxylation sites is 2. The first-order valence-corrected chi connectivity index (χ1v) is 6.99. The van der Waals surface area contributed by atoms with Crippen molar-refractivity contribution in [2.24, 2.45) is 0 Å². The van der Waals surface area contributed by atoms with Crippen molar-refractivity contribution in [1.29, 1.82) is 0 Å². The van der Waals surface area contributed by atoms with E-state index < -0.39 is 0 Å². The molecule has 0 spiro atoms. The average molecular weight is 319 g/mol. The second-order valence-corrected chi connectivity index (χ2v) is 5.20. The average Bonchev–Trinajstić information content (AvgIpc) is 2.48. The van der Waals surface area contributed by atoms with E-state index in [0.29, 0.717) is 27.4 Å². The van der Waals surface area contributed by atoms with Crippen LogP contribution in [0.3, 0.4) is 0 Å². The van der Waals surface area contributed by atoms with Crippen LogP contribution in [0.4, 0.5) is 0 Å². The molecule has 2 aromatic carbocycles. The van der Waals surface area contributed by atoms with Gasteiger partial charge in [-0.15, -0.1) is 0 Å². The lowest BCUT2D eigenvalue weighted by atomic mass is 10.2. The van der Waals surface area contributed by atoms with E-state index >= 15 is 0 Å². The van der Waals surface area contributed by atoms with Crippen molar-refractivity contribution < 1.29 is 4.74 Å². The Hall–Kier alpha value is -2.11. The number of fused-ring (bicyclic) bond motifs is 1. The first-order chi connectivity index (χ1) is 10.1. The van der Waals surface area contributed by atoms with Gasteiger partial charge >= 0.3 is 0 Å². The Kier molecular flexibility index (Phi) is 3.53. The van der Waals surface area contributed by atoms with Gasteiger partial charge in [-0.05, 0) is 36.5 Å². The highest BCUT2D eigenvalue weighted by Crippen LogP contribution is 2.23. The predicted octanol–water partition coefficient (Wildman–Crippen LogP) is 3.71. The van der Waals surface area contributed by atoms with Gasteiger partial charge in [-0.1, -0.05) is 29.8 Å². The minimum Gasteiger partial charge on any atom is -0.495 e. The van der Waals surface area contributed by atoms with Gasteiger partial charge in [0.25, 0.3) is 5.56 Å². The van der Waals surface area contributed by atoms with Crippen molar-refractivity contribution in [3.05, 3.63) is 62.6 Å². The molecule has 1 N–H and O–H groups in total. The second kappa shape index (κ2) is 5.35. The molecule has 0 aliphatic rings. The Labute approximate surface area is 130 Å². The van der Waals surface area contributed by atoms with Crippen LogP contribution in [0, 0.1) is 4.77 Å². The Morgan fingerprint density at radius 2 is 1.95 bits per heavy atom. The summed E-state index contributed by atoms with van der Waals surface area (Å²) in [6.07, 6.45) is 0. The first-order valence-electron chi connectivity index (χ1n) is 6.20. The van der Waals surface area contributed by atoms with Crippen LogP contribution in [0.25, 0.3) is 16.6 Å². The monoisotopic (exact) mass is 318 g/mol. The predicted molar refractivity (Wildman–Crippen MR) is 86.3 cm³/mol. The summed E-state index contributed by atoms with van der Waals surface area (Å²) in [7, 11) is 1.55. The van der Waals surface area contributed by atoms with Gasteiger partial charge in [0.15, 0.2) is 4.77 Å². The number of hydrogen-bond acceptors (Lipinski definition) is 3. The Morgan fingerprint density at radius 3 is 2.67 bits per heavy atom. The number of nitrogens with zero attached hydrogens (tertiary/aromatic N) is 1. The van der Waals surface area contributed by atoms with Gasteiger partial charge in [-0.25, -0.2) is 0 Å². The van der Waals surface area contributed by atoms with Crippen LogP contribution in [0.5, 0.6) is 5.75 Å². The number of hydrogen-bond donors (Lipinski definition) is 1. The largest absolute Gasteiger partial charge is 0.495 e. The van der Waals surface area contributed by atoms with E-state index in [9.17, 15) is 4.79 Å². The van der Waals surface area contributed by atoms with E-state index in [2.05, 4.69) is 4.98 Å². The molecule has 0 atom stereocenters. The maximum Gasteiger partial charge on any atom is 0.266 e. The molecule has 106 valence electrons. The summed E-state index contributed by atoms with van der Waals surface area (Å²) in [5.41, 5.74) is 0.897. The highest BCUT2D eigenvalue weighted by molar-refractivity contribution is 7.71. The number of aromatic nitrogens is 2. The summed E-state index contributed by atoms with van der Waals surface area (Å²) >= 11 is 11.5. The molecular weight excluding hydrogens is 308 g/mol. The molecular formula is C15H11ClN2O2S. The zero-order valence-corrected chi connectivity index (χ0v) is 12.7. The zero-order valence-electron chi connectivity index (χ0n) is 11.1. The lowest BCUT2D eigenvalue weighted by molar-refractivity contribution is 0.418. The third-order valence-electron chi connectivity index (χ3n) is 3.21. The van der Waals surface area contributed by atoms with Crippen molar-refractivity contribution in [2.45, 2.75) is 0 Å². The first kappa shape index (κ1) is 13.9. The van der Waals surface area contributed by atoms with Crippen LogP contribution < -0.4 is 10.3 Å². The van der Waals surface area contributed by atoms with Gasteiger partial charge in [0.05, 0.1) is 28.7 Å². The number of rotatable bonds is 2. The van der Waals surface area contributed by atoms with Crippen LogP contribution >= 0.6 is 23.8 Å². The second-order valence-electron chi connectivity index (χ2n) is 4.40. The van der Waals surface area contributed by atoms with E-state index in [1.165, 1.54) is 4.57 Å². The maximum absolute atomic E-state index is 12.7. The maximum atomic E-state index is 12.7. The van der Waals surface area contributed by atoms with Crippen LogP contribution in [0.15, 0.2) is 47.3 Å². The van der Waals surface area contributed by atoms with E-state index in [1.807, 2.05) is 0 Å². The SMILES string of the molecule is COc1cccc2c(=O)n(-c3ccccc3Cl)c(=S)[nH]c12. The molecule has 0 saturated heterocycles. The van der Waals surface area contributed by atoms with Crippen LogP contribution in [0.1, 0.15) is 0 Å². The van der Waals surface area contributed by atoms with Crippen molar-refractivity contribution in [2.75, 3.05) is 7.11 Å². The van der Waals surface area contributed by atoms with E-state index in [-0.39, 0.29) is 10.3 Å². The highest BCUT2D eigenvalue weighted by atomic mass is 35.5. The number of benzene rings is 2. The molecule has 4 nitrogen and oxygen atoms in total. The minimum absolute atomic E-state index is 0.235. The molecule has 0 saturated carbocycles. The van der Waals surface area contributed by atoms with Crippen molar-refractivity contribution >= 4 is 34.7 Å². The fourth-order valence-corrected chi connectivity index (χ4v) is 2.74. The van der Waals surface area contributed by atoms with Gasteiger partial charge in [0.1, 0.15) is 5.75 Å². The summed E-state index contributed by atoms with van der Waals surface area (Å²) in [6, 6.07) is 12.3. The zero-order chi connectivity index (χ0) is 15.0. The van der Waals surface area contributed by atoms with Crippen LogP contribution in [-0.4, -0.2) is 16.7 Å². The summed E-state index contributed by atoms with van der Waals surface area (Å²) in [6.45, 7) is 0. The van der Waals surface area contributed by atoms with E-state index in [4.69, 9.17) is 28.6 Å². The molecule has 0 radical (unpaired) electrons. The van der Waals surface area contributed by atoms with E-state index in [0.717, 1.165) is 0 Å². The van der Waals surface area contributed by atoms with Gasteiger partial charge in [0, 0.05) is 0 Å². The fourth-order valence-electron chi connectivity index (χ4n) is 2.24. The van der Waals surface area contributed by atoms with Gasteiger partial charge in [-0.2, -0.15) is 0 Å². The number of aromatic amines is 1. The quantitative estimate of drug-likeness (QED) is 0.733. The Morgan fingerprint density at radius 1 is 1.19 bits per heavy atom. The third-order valence-corrected chi connectivity index (χ3v) is 3.81. The smallest absolute Gasteiger partial charge is 0.266 e. The molecule has 0 amide bonds. The number of methoxy groups -OCH3 is 1. The molecule has 0 aliphatic heterocycles. The minimum atomic E-state index is -0.235. The van der Waals surface area contributed by atoms with Crippen molar-refractivity contribution in [3.8, 4) is 11.4 Å². The molecule has 1 aromatic heterocycles. The van der Waals surface area contributed by atoms with Gasteiger partial charge in [0.2, 0.25) is 0 Å². The summed E-state index contributed by atoms with van der Waals surface area (Å²) in [5, 5.41) is 0.948. The molecule has 0 fully saturated rings. The number of nitrogens with one attached hydrogen (secondary N) is 1. The van der Waals surface area contributed by atoms with Crippen molar-refractivity contribution in [1.82, 2.24) is 9.55 Å². The highest BCUT2D eigenvalue weighted by Gasteiger charge is 2.12. The molecule has 0 unspecified atom stereocenters.